The van der Waals surface area contributed by atoms with E-state index in [1.807, 2.05) is 6.07 Å². The van der Waals surface area contributed by atoms with Crippen LogP contribution < -0.4 is 9.47 Å². The topological polar surface area (TPSA) is 103 Å². The van der Waals surface area contributed by atoms with Gasteiger partial charge in [0.15, 0.2) is 11.5 Å². The van der Waals surface area contributed by atoms with Gasteiger partial charge >= 0.3 is 0 Å². The number of likely N-dealkylation sites (tertiary alicyclic amines) is 1. The number of hydrogen-bond acceptors (Lipinski definition) is 8. The van der Waals surface area contributed by atoms with E-state index in [1.54, 1.807) is 31.3 Å². The largest absolute Gasteiger partial charge is 0.493 e. The number of benzene rings is 1. The van der Waals surface area contributed by atoms with Crippen LogP contribution in [0.4, 0.5) is 0 Å². The molecule has 0 N–H and O–H groups in total. The summed E-state index contributed by atoms with van der Waals surface area (Å²) in [7, 11) is 3.14. The van der Waals surface area contributed by atoms with E-state index in [1.165, 1.54) is 18.6 Å². The molecule has 1 amide bonds. The summed E-state index contributed by atoms with van der Waals surface area (Å²) < 4.78 is 16.1. The molecular formula is C19H19N5O4. The summed E-state index contributed by atoms with van der Waals surface area (Å²) in [6.45, 7) is 0.605. The van der Waals surface area contributed by atoms with Gasteiger partial charge in [0.1, 0.15) is 11.7 Å². The Bertz CT molecular complexity index is 975. The third-order valence-corrected chi connectivity index (χ3v) is 4.66. The number of hydrogen-bond donors (Lipinski definition) is 0. The van der Waals surface area contributed by atoms with E-state index in [0.717, 1.165) is 18.4 Å². The Kier molecular flexibility index (Phi) is 4.88. The summed E-state index contributed by atoms with van der Waals surface area (Å²) in [5, 5.41) is 4.08. The van der Waals surface area contributed by atoms with Gasteiger partial charge in [0.2, 0.25) is 11.7 Å². The molecule has 9 heteroatoms. The predicted octanol–water partition coefficient (Wildman–Crippen LogP) is 2.52. The standard InChI is InChI=1S/C19H19N5O4/c1-26-15-6-5-12(10-16(15)27-2)17-22-18(28-23-17)14-4-3-9-24(14)19(25)13-11-20-7-8-21-13/h5-8,10-11,14H,3-4,9H2,1-2H3/t14-/m1/s1. The number of aromatic nitrogens is 4. The second-order valence-corrected chi connectivity index (χ2v) is 6.27. The van der Waals surface area contributed by atoms with Crippen molar-refractivity contribution in [1.29, 1.82) is 0 Å². The molecule has 1 fully saturated rings. The highest BCUT2D eigenvalue weighted by molar-refractivity contribution is 5.92. The first-order valence-corrected chi connectivity index (χ1v) is 8.84. The zero-order chi connectivity index (χ0) is 19.5. The minimum atomic E-state index is -0.282. The normalized spacial score (nSPS) is 16.2. The van der Waals surface area contributed by atoms with Crippen molar-refractivity contribution < 1.29 is 18.8 Å². The van der Waals surface area contributed by atoms with Crippen molar-refractivity contribution in [2.75, 3.05) is 20.8 Å². The van der Waals surface area contributed by atoms with Crippen LogP contribution in [0.2, 0.25) is 0 Å². The van der Waals surface area contributed by atoms with Gasteiger partial charge in [0.05, 0.1) is 20.4 Å². The van der Waals surface area contributed by atoms with Crippen molar-refractivity contribution in [1.82, 2.24) is 25.0 Å². The van der Waals surface area contributed by atoms with Crippen LogP contribution in [0.15, 0.2) is 41.3 Å². The molecular weight excluding hydrogens is 362 g/mol. The molecule has 3 heterocycles. The molecule has 1 aliphatic heterocycles. The Morgan fingerprint density at radius 1 is 1.21 bits per heavy atom. The smallest absolute Gasteiger partial charge is 0.274 e. The Labute approximate surface area is 161 Å². The summed E-state index contributed by atoms with van der Waals surface area (Å²) in [5.74, 6) is 1.83. The second-order valence-electron chi connectivity index (χ2n) is 6.27. The molecule has 0 unspecified atom stereocenters. The first kappa shape index (κ1) is 17.9. The van der Waals surface area contributed by atoms with Gasteiger partial charge in [-0.25, -0.2) is 4.98 Å². The summed E-state index contributed by atoms with van der Waals surface area (Å²) >= 11 is 0. The minimum Gasteiger partial charge on any atom is -0.493 e. The number of carbonyl (C=O) groups excluding carboxylic acids is 1. The van der Waals surface area contributed by atoms with Gasteiger partial charge in [-0.3, -0.25) is 9.78 Å². The number of methoxy groups -OCH3 is 2. The van der Waals surface area contributed by atoms with Gasteiger partial charge in [0, 0.05) is 24.5 Å². The summed E-state index contributed by atoms with van der Waals surface area (Å²) in [4.78, 5) is 27.0. The molecule has 1 aromatic carbocycles. The quantitative estimate of drug-likeness (QED) is 0.664. The highest BCUT2D eigenvalue weighted by atomic mass is 16.5. The van der Waals surface area contributed by atoms with Crippen molar-refractivity contribution >= 4 is 5.91 Å². The van der Waals surface area contributed by atoms with Gasteiger partial charge in [-0.1, -0.05) is 5.16 Å². The fraction of sp³-hybridized carbons (Fsp3) is 0.316. The number of ether oxygens (including phenoxy) is 2. The van der Waals surface area contributed by atoms with Crippen LogP contribution in [0.25, 0.3) is 11.4 Å². The van der Waals surface area contributed by atoms with E-state index in [2.05, 4.69) is 20.1 Å². The van der Waals surface area contributed by atoms with Gasteiger partial charge in [0.25, 0.3) is 5.91 Å². The van der Waals surface area contributed by atoms with Crippen LogP contribution in [0, 0.1) is 0 Å². The number of amides is 1. The average molecular weight is 381 g/mol. The van der Waals surface area contributed by atoms with Gasteiger partial charge in [-0.2, -0.15) is 4.98 Å². The predicted molar refractivity (Wildman–Crippen MR) is 97.9 cm³/mol. The number of rotatable bonds is 5. The third kappa shape index (κ3) is 3.26. The summed E-state index contributed by atoms with van der Waals surface area (Å²) in [5.41, 5.74) is 1.03. The summed E-state index contributed by atoms with van der Waals surface area (Å²) in [6, 6.07) is 5.11. The monoisotopic (exact) mass is 381 g/mol. The van der Waals surface area contributed by atoms with Crippen molar-refractivity contribution in [3.8, 4) is 22.9 Å². The molecule has 1 atom stereocenters. The Hall–Kier alpha value is -3.49. The van der Waals surface area contributed by atoms with Gasteiger partial charge < -0.3 is 18.9 Å². The number of carbonyl (C=O) groups is 1. The fourth-order valence-corrected chi connectivity index (χ4v) is 3.29. The molecule has 4 rings (SSSR count). The lowest BCUT2D eigenvalue weighted by molar-refractivity contribution is 0.0703. The van der Waals surface area contributed by atoms with Crippen LogP contribution in [0.1, 0.15) is 35.3 Å². The van der Waals surface area contributed by atoms with E-state index in [4.69, 9.17) is 14.0 Å². The SMILES string of the molecule is COc1ccc(-c2noc([C@H]3CCCN3C(=O)c3cnccn3)n2)cc1OC. The molecule has 28 heavy (non-hydrogen) atoms. The maximum absolute atomic E-state index is 12.8. The van der Waals surface area contributed by atoms with Crippen molar-refractivity contribution in [2.24, 2.45) is 0 Å². The van der Waals surface area contributed by atoms with Crippen LogP contribution >= 0.6 is 0 Å². The van der Waals surface area contributed by atoms with E-state index in [0.29, 0.717) is 35.5 Å². The van der Waals surface area contributed by atoms with Crippen LogP contribution in [-0.2, 0) is 0 Å². The van der Waals surface area contributed by atoms with Crippen LogP contribution in [0.3, 0.4) is 0 Å². The lowest BCUT2D eigenvalue weighted by Crippen LogP contribution is -2.31. The molecule has 3 aromatic rings. The second kappa shape index (κ2) is 7.63. The maximum Gasteiger partial charge on any atom is 0.274 e. The van der Waals surface area contributed by atoms with E-state index in [-0.39, 0.29) is 11.9 Å². The fourth-order valence-electron chi connectivity index (χ4n) is 3.29. The zero-order valence-electron chi connectivity index (χ0n) is 15.5. The highest BCUT2D eigenvalue weighted by Crippen LogP contribution is 2.35. The average Bonchev–Trinajstić information content (AvgIpc) is 3.42. The molecule has 0 bridgehead atoms. The molecule has 0 aliphatic carbocycles. The van der Waals surface area contributed by atoms with Gasteiger partial charge in [-0.05, 0) is 31.0 Å². The van der Waals surface area contributed by atoms with Crippen molar-refractivity contribution in [2.45, 2.75) is 18.9 Å². The van der Waals surface area contributed by atoms with Crippen molar-refractivity contribution in [3.63, 3.8) is 0 Å². The highest BCUT2D eigenvalue weighted by Gasteiger charge is 2.35. The van der Waals surface area contributed by atoms with Crippen molar-refractivity contribution in [3.05, 3.63) is 48.4 Å². The van der Waals surface area contributed by atoms with E-state index in [9.17, 15) is 4.79 Å². The molecule has 1 aliphatic rings. The first-order valence-electron chi connectivity index (χ1n) is 8.84. The molecule has 1 saturated heterocycles. The molecule has 2 aromatic heterocycles. The molecule has 144 valence electrons. The summed E-state index contributed by atoms with van der Waals surface area (Å²) in [6.07, 6.45) is 6.09. The zero-order valence-corrected chi connectivity index (χ0v) is 15.5. The Morgan fingerprint density at radius 3 is 2.82 bits per heavy atom. The Morgan fingerprint density at radius 2 is 2.07 bits per heavy atom. The lowest BCUT2D eigenvalue weighted by atomic mass is 10.2. The first-order chi connectivity index (χ1) is 13.7. The third-order valence-electron chi connectivity index (χ3n) is 4.66. The lowest BCUT2D eigenvalue weighted by Gasteiger charge is -2.21. The minimum absolute atomic E-state index is 0.193. The van der Waals surface area contributed by atoms with Crippen LogP contribution in [-0.4, -0.2) is 51.7 Å². The van der Waals surface area contributed by atoms with E-state index >= 15 is 0 Å². The Balaban J connectivity index is 1.59. The number of nitrogens with zero attached hydrogens (tertiary/aromatic N) is 5. The molecule has 0 radical (unpaired) electrons. The molecule has 9 nitrogen and oxygen atoms in total. The van der Waals surface area contributed by atoms with Crippen LogP contribution in [0.5, 0.6) is 11.5 Å². The van der Waals surface area contributed by atoms with Gasteiger partial charge in [-0.15, -0.1) is 0 Å². The molecule has 0 spiro atoms. The van der Waals surface area contributed by atoms with E-state index < -0.39 is 0 Å². The maximum atomic E-state index is 12.8. The molecule has 0 saturated carbocycles.